The summed E-state index contributed by atoms with van der Waals surface area (Å²) in [4.78, 5) is 14.0. The Balaban J connectivity index is 0.00000372. The fourth-order valence-electron chi connectivity index (χ4n) is 7.25. The smallest absolute Gasteiger partial charge is 0.135 e. The number of pyridine rings is 2. The van der Waals surface area contributed by atoms with Gasteiger partial charge >= 0.3 is 0 Å². The molecule has 0 bridgehead atoms. The first-order valence-electron chi connectivity index (χ1n) is 17.3. The minimum Gasteiger partial charge on any atom is -0.509 e. The third-order valence-electron chi connectivity index (χ3n) is 9.75. The van der Waals surface area contributed by atoms with Gasteiger partial charge in [0, 0.05) is 76.3 Å². The number of benzene rings is 5. The van der Waals surface area contributed by atoms with E-state index in [2.05, 4.69) is 145 Å². The van der Waals surface area contributed by atoms with E-state index in [1.54, 1.807) is 0 Å². The molecule has 5 heterocycles. The molecule has 0 saturated carbocycles. The molecule has 0 spiro atoms. The van der Waals surface area contributed by atoms with Gasteiger partial charge in [0.25, 0.3) is 0 Å². The van der Waals surface area contributed by atoms with E-state index in [-0.39, 0.29) is 26.5 Å². The van der Waals surface area contributed by atoms with Gasteiger partial charge in [-0.1, -0.05) is 74.4 Å². The molecule has 1 aliphatic rings. The van der Waals surface area contributed by atoms with Crippen molar-refractivity contribution in [1.82, 2.24) is 14.5 Å². The van der Waals surface area contributed by atoms with E-state index in [0.717, 1.165) is 50.5 Å². The summed E-state index contributed by atoms with van der Waals surface area (Å²) in [5, 5.41) is 4.72. The molecular formula is C45H32N5OPtS-3. The van der Waals surface area contributed by atoms with Crippen LogP contribution in [0, 0.1) is 18.8 Å². The summed E-state index contributed by atoms with van der Waals surface area (Å²) in [5.74, 6) is 2.86. The fourth-order valence-corrected chi connectivity index (χ4v) is 8.38. The molecule has 8 heteroatoms. The molecule has 6 nitrogen and oxygen atoms in total. The first kappa shape index (κ1) is 33.4. The Morgan fingerprint density at radius 1 is 0.660 bits per heavy atom. The summed E-state index contributed by atoms with van der Waals surface area (Å²) in [7, 11) is 0. The summed E-state index contributed by atoms with van der Waals surface area (Å²) in [6.07, 6.45) is 3.73. The van der Waals surface area contributed by atoms with Gasteiger partial charge in [0.15, 0.2) is 0 Å². The van der Waals surface area contributed by atoms with Crippen molar-refractivity contribution in [3.63, 3.8) is 0 Å². The SMILES string of the molecule is CC(C)(C)c1ccnc(-n2c3[c-]c(Oc4[c-]c(N5[CH-]N(c6cccc7sc8ccccc8c67)c6cccnc65)ccc4)ccc3c3ccccc32)c1.[Pt]. The maximum Gasteiger partial charge on any atom is 0.135 e. The molecule has 1 aliphatic heterocycles. The van der Waals surface area contributed by atoms with Crippen LogP contribution < -0.4 is 14.5 Å². The molecular weight excluding hydrogens is 854 g/mol. The first-order valence-corrected chi connectivity index (χ1v) is 18.1. The number of aromatic nitrogens is 3. The average molecular weight is 886 g/mol. The molecule has 0 aliphatic carbocycles. The number of nitrogens with zero attached hydrogens (tertiary/aromatic N) is 5. The summed E-state index contributed by atoms with van der Waals surface area (Å²) in [6.45, 7) is 8.76. The fraction of sp³-hybridized carbons (Fsp3) is 0.0889. The van der Waals surface area contributed by atoms with Crippen LogP contribution in [0.5, 0.6) is 11.5 Å². The Bertz CT molecular complexity index is 2840. The van der Waals surface area contributed by atoms with Gasteiger partial charge in [-0.05, 0) is 64.9 Å². The summed E-state index contributed by atoms with van der Waals surface area (Å²) < 4.78 is 11.2. The Kier molecular flexibility index (Phi) is 8.10. The third kappa shape index (κ3) is 5.58. The van der Waals surface area contributed by atoms with E-state index in [1.807, 2.05) is 54.1 Å². The van der Waals surface area contributed by atoms with Crippen molar-refractivity contribution in [2.45, 2.75) is 26.2 Å². The second kappa shape index (κ2) is 12.9. The Labute approximate surface area is 326 Å². The predicted molar refractivity (Wildman–Crippen MR) is 214 cm³/mol. The van der Waals surface area contributed by atoms with Crippen molar-refractivity contribution in [3.8, 4) is 17.3 Å². The van der Waals surface area contributed by atoms with Gasteiger partial charge in [-0.2, -0.15) is 12.1 Å². The van der Waals surface area contributed by atoms with Crippen molar-refractivity contribution >= 4 is 76.2 Å². The van der Waals surface area contributed by atoms with Gasteiger partial charge in [-0.25, -0.2) is 9.97 Å². The minimum atomic E-state index is -0.0132. The number of hydrogen-bond acceptors (Lipinski definition) is 6. The first-order chi connectivity index (χ1) is 25.4. The Morgan fingerprint density at radius 3 is 2.32 bits per heavy atom. The molecule has 53 heavy (non-hydrogen) atoms. The molecule has 262 valence electrons. The number of fused-ring (bicyclic) bond motifs is 7. The summed E-state index contributed by atoms with van der Waals surface area (Å²) in [6, 6.07) is 49.1. The third-order valence-corrected chi connectivity index (χ3v) is 10.9. The van der Waals surface area contributed by atoms with Crippen molar-refractivity contribution in [1.29, 1.82) is 0 Å². The average Bonchev–Trinajstić information content (AvgIpc) is 3.84. The van der Waals surface area contributed by atoms with E-state index in [9.17, 15) is 0 Å². The molecule has 0 atom stereocenters. The Morgan fingerprint density at radius 2 is 1.43 bits per heavy atom. The van der Waals surface area contributed by atoms with Gasteiger partial charge in [0.05, 0.1) is 5.69 Å². The maximum atomic E-state index is 6.53. The van der Waals surface area contributed by atoms with Crippen LogP contribution in [-0.2, 0) is 26.5 Å². The van der Waals surface area contributed by atoms with Gasteiger partial charge in [-0.3, -0.25) is 0 Å². The van der Waals surface area contributed by atoms with Crippen LogP contribution in [0.3, 0.4) is 0 Å². The minimum absolute atomic E-state index is 0. The zero-order valence-electron chi connectivity index (χ0n) is 29.1. The number of anilines is 4. The van der Waals surface area contributed by atoms with E-state index in [0.29, 0.717) is 11.5 Å². The predicted octanol–water partition coefficient (Wildman–Crippen LogP) is 12.0. The van der Waals surface area contributed by atoms with Gasteiger partial charge in [0.1, 0.15) is 11.6 Å². The standard InChI is InChI=1S/C45H32N5OS.Pt/c1-45(2,3)29-22-24-46-42(25-29)50-36-15-6-4-13-33(36)34-21-20-32(27-39(34)50)51-31-12-8-11-30(26-31)48-28-49(38-17-10-23-47-44(38)48)37-16-9-19-41-43(37)35-14-5-7-18-40(35)52-41;/h4-25,28H,1-3H3;/q-3;. The van der Waals surface area contributed by atoms with Gasteiger partial charge in [0.2, 0.25) is 0 Å². The molecule has 0 N–H and O–H groups in total. The largest absolute Gasteiger partial charge is 0.509 e. The van der Waals surface area contributed by atoms with E-state index in [1.165, 1.54) is 25.7 Å². The normalized spacial score (nSPS) is 12.9. The van der Waals surface area contributed by atoms with Gasteiger partial charge in [-0.15, -0.1) is 53.7 Å². The van der Waals surface area contributed by atoms with Crippen LogP contribution in [0.25, 0.3) is 47.8 Å². The quantitative estimate of drug-likeness (QED) is 0.161. The molecule has 0 unspecified atom stereocenters. The number of rotatable bonds is 5. The van der Waals surface area contributed by atoms with Crippen molar-refractivity contribution in [3.05, 3.63) is 158 Å². The molecule has 5 aromatic carbocycles. The molecule has 0 saturated heterocycles. The maximum absolute atomic E-state index is 6.53. The summed E-state index contributed by atoms with van der Waals surface area (Å²) in [5.41, 5.74) is 6.12. The van der Waals surface area contributed by atoms with Crippen LogP contribution in [0.1, 0.15) is 26.3 Å². The van der Waals surface area contributed by atoms with Gasteiger partial charge < -0.3 is 19.1 Å². The van der Waals surface area contributed by atoms with E-state index in [4.69, 9.17) is 14.7 Å². The van der Waals surface area contributed by atoms with Crippen LogP contribution in [0.4, 0.5) is 22.9 Å². The van der Waals surface area contributed by atoms with Crippen LogP contribution >= 0.6 is 11.3 Å². The topological polar surface area (TPSA) is 46.4 Å². The number of hydrogen-bond donors (Lipinski definition) is 0. The monoisotopic (exact) mass is 885 g/mol. The molecule has 0 fully saturated rings. The zero-order chi connectivity index (χ0) is 35.0. The van der Waals surface area contributed by atoms with E-state index >= 15 is 0 Å². The van der Waals surface area contributed by atoms with Crippen LogP contribution in [-0.4, -0.2) is 14.5 Å². The van der Waals surface area contributed by atoms with E-state index < -0.39 is 0 Å². The zero-order valence-corrected chi connectivity index (χ0v) is 32.2. The number of para-hydroxylation sites is 1. The molecule has 0 radical (unpaired) electrons. The van der Waals surface area contributed by atoms with Crippen molar-refractivity contribution in [2.24, 2.45) is 0 Å². The van der Waals surface area contributed by atoms with Crippen molar-refractivity contribution in [2.75, 3.05) is 9.80 Å². The molecule has 4 aromatic heterocycles. The molecule has 0 amide bonds. The second-order valence-electron chi connectivity index (χ2n) is 14.0. The Hall–Kier alpha value is -5.49. The van der Waals surface area contributed by atoms with Crippen LogP contribution in [0.2, 0.25) is 0 Å². The molecule has 10 rings (SSSR count). The number of ether oxygens (including phenoxy) is 1. The van der Waals surface area contributed by atoms with Crippen LogP contribution in [0.15, 0.2) is 134 Å². The van der Waals surface area contributed by atoms with Crippen molar-refractivity contribution < 1.29 is 25.8 Å². The second-order valence-corrected chi connectivity index (χ2v) is 15.1. The molecule has 9 aromatic rings. The number of thiophene rings is 1. The summed E-state index contributed by atoms with van der Waals surface area (Å²) >= 11 is 1.82.